The highest BCUT2D eigenvalue weighted by atomic mass is 16.7. The molecule has 2 aromatic rings. The van der Waals surface area contributed by atoms with Crippen LogP contribution < -0.4 is 10.2 Å². The van der Waals surface area contributed by atoms with Crippen LogP contribution in [-0.2, 0) is 41.5 Å². The van der Waals surface area contributed by atoms with Crippen molar-refractivity contribution in [1.29, 1.82) is 0 Å². The van der Waals surface area contributed by atoms with Gasteiger partial charge in [-0.25, -0.2) is 4.79 Å². The van der Waals surface area contributed by atoms with E-state index in [-0.39, 0.29) is 12.8 Å². The van der Waals surface area contributed by atoms with Crippen LogP contribution in [-0.4, -0.2) is 98.7 Å². The fraction of sp³-hybridized carbons (Fsp3) is 0.429. The second kappa shape index (κ2) is 13.2. The molecule has 1 fully saturated rings. The zero-order chi connectivity index (χ0) is 29.7. The van der Waals surface area contributed by atoms with Gasteiger partial charge in [-0.05, 0) is 42.9 Å². The topological polar surface area (TPSA) is 203 Å². The molecule has 2 heterocycles. The predicted molar refractivity (Wildman–Crippen MR) is 141 cm³/mol. The molecular weight excluding hydrogens is 540 g/mol. The fourth-order valence-corrected chi connectivity index (χ4v) is 4.96. The molecule has 41 heavy (non-hydrogen) atoms. The average molecular weight is 573 g/mol. The molecule has 0 aromatic heterocycles. The van der Waals surface area contributed by atoms with E-state index in [1.54, 1.807) is 24.3 Å². The predicted octanol–water partition coefficient (Wildman–Crippen LogP) is -0.555. The summed E-state index contributed by atoms with van der Waals surface area (Å²) in [6.45, 7) is -0.682. The molecule has 4 rings (SSSR count). The number of carboxylic acid groups (broad SMARTS) is 2. The first-order valence-corrected chi connectivity index (χ1v) is 13.1. The third-order valence-electron chi connectivity index (χ3n) is 7.16. The molecule has 1 amide bonds. The van der Waals surface area contributed by atoms with Crippen molar-refractivity contribution in [1.82, 2.24) is 5.32 Å². The standard InChI is InChI=1S/C28H32N2O11/c31-20(40-28-23(34)21(32)22(33)24(41-28)27(38)39)14-30-19-9-5-4-8-16(19)11-13-17(25(30)35)29-18(26(36)37)12-10-15-6-2-1-3-7-15/h1-9,17-18,21-24,28-29,32-34H,10-14H2,(H,36,37)(H,38,39). The quantitative estimate of drug-likeness (QED) is 0.199. The number of nitrogens with zero attached hydrogens (tertiary/aromatic N) is 1. The van der Waals surface area contributed by atoms with E-state index in [2.05, 4.69) is 5.32 Å². The van der Waals surface area contributed by atoms with Gasteiger partial charge in [0.05, 0.1) is 6.04 Å². The van der Waals surface area contributed by atoms with Crippen molar-refractivity contribution in [3.05, 3.63) is 65.7 Å². The summed E-state index contributed by atoms with van der Waals surface area (Å²) in [5, 5.41) is 52.1. The summed E-state index contributed by atoms with van der Waals surface area (Å²) >= 11 is 0. The van der Waals surface area contributed by atoms with E-state index in [9.17, 15) is 44.7 Å². The van der Waals surface area contributed by atoms with Gasteiger partial charge in [-0.15, -0.1) is 0 Å². The van der Waals surface area contributed by atoms with E-state index in [0.717, 1.165) is 16.0 Å². The Kier molecular flexibility index (Phi) is 9.68. The second-order valence-corrected chi connectivity index (χ2v) is 9.95. The summed E-state index contributed by atoms with van der Waals surface area (Å²) in [4.78, 5) is 51.2. The molecule has 2 aliphatic rings. The summed E-state index contributed by atoms with van der Waals surface area (Å²) < 4.78 is 10.1. The lowest BCUT2D eigenvalue weighted by molar-refractivity contribution is -0.285. The number of rotatable bonds is 10. The number of benzene rings is 2. The van der Waals surface area contributed by atoms with E-state index < -0.39 is 73.1 Å². The first-order valence-electron chi connectivity index (χ1n) is 13.1. The molecule has 7 unspecified atom stereocenters. The maximum atomic E-state index is 13.7. The molecule has 220 valence electrons. The number of carbonyl (C=O) groups is 4. The van der Waals surface area contributed by atoms with Crippen LogP contribution in [0.5, 0.6) is 0 Å². The minimum atomic E-state index is -1.97. The Balaban J connectivity index is 1.50. The Labute approximate surface area is 234 Å². The third kappa shape index (κ3) is 7.07. The summed E-state index contributed by atoms with van der Waals surface area (Å²) in [5.41, 5.74) is 2.07. The van der Waals surface area contributed by atoms with E-state index in [0.29, 0.717) is 18.5 Å². The van der Waals surface area contributed by atoms with Crippen LogP contribution in [0.3, 0.4) is 0 Å². The highest BCUT2D eigenvalue weighted by Crippen LogP contribution is 2.28. The Morgan fingerprint density at radius 1 is 0.976 bits per heavy atom. The van der Waals surface area contributed by atoms with Crippen LogP contribution in [0, 0.1) is 0 Å². The van der Waals surface area contributed by atoms with Crippen molar-refractivity contribution in [3.63, 3.8) is 0 Å². The lowest BCUT2D eigenvalue weighted by atomic mass is 9.99. The molecule has 13 nitrogen and oxygen atoms in total. The lowest BCUT2D eigenvalue weighted by Crippen LogP contribution is -2.61. The van der Waals surface area contributed by atoms with E-state index in [4.69, 9.17) is 9.47 Å². The molecule has 1 saturated heterocycles. The van der Waals surface area contributed by atoms with Gasteiger partial charge in [0.1, 0.15) is 30.9 Å². The van der Waals surface area contributed by atoms with Gasteiger partial charge in [-0.3, -0.25) is 24.6 Å². The first-order chi connectivity index (χ1) is 19.6. The molecule has 13 heteroatoms. The number of carbonyl (C=O) groups excluding carboxylic acids is 2. The summed E-state index contributed by atoms with van der Waals surface area (Å²) in [7, 11) is 0. The smallest absolute Gasteiger partial charge is 0.335 e. The number of anilines is 1. The van der Waals surface area contributed by atoms with E-state index in [1.807, 2.05) is 30.3 Å². The molecule has 0 aliphatic carbocycles. The number of carboxylic acids is 2. The Hall–Kier alpha value is -3.88. The monoisotopic (exact) mass is 572 g/mol. The number of para-hydroxylation sites is 1. The van der Waals surface area contributed by atoms with Crippen molar-refractivity contribution < 1.29 is 54.2 Å². The number of esters is 1. The molecule has 2 aromatic carbocycles. The number of nitrogens with one attached hydrogen (secondary N) is 1. The molecule has 0 saturated carbocycles. The van der Waals surface area contributed by atoms with Crippen molar-refractivity contribution in [2.45, 2.75) is 68.5 Å². The van der Waals surface area contributed by atoms with Gasteiger partial charge in [0.25, 0.3) is 0 Å². The van der Waals surface area contributed by atoms with Gasteiger partial charge in [0, 0.05) is 5.69 Å². The van der Waals surface area contributed by atoms with Gasteiger partial charge in [-0.2, -0.15) is 0 Å². The second-order valence-electron chi connectivity index (χ2n) is 9.95. The molecule has 0 radical (unpaired) electrons. The summed E-state index contributed by atoms with van der Waals surface area (Å²) in [6.07, 6.45) is -8.44. The number of hydrogen-bond donors (Lipinski definition) is 6. The maximum absolute atomic E-state index is 13.7. The van der Waals surface area contributed by atoms with Crippen LogP contribution in [0.15, 0.2) is 54.6 Å². The van der Waals surface area contributed by atoms with Crippen molar-refractivity contribution >= 4 is 29.5 Å². The molecule has 7 atom stereocenters. The van der Waals surface area contributed by atoms with Crippen LogP contribution in [0.25, 0.3) is 0 Å². The number of aliphatic hydroxyl groups excluding tert-OH is 3. The van der Waals surface area contributed by atoms with Gasteiger partial charge >= 0.3 is 17.9 Å². The van der Waals surface area contributed by atoms with Gasteiger partial charge < -0.3 is 35.0 Å². The first kappa shape index (κ1) is 30.1. The van der Waals surface area contributed by atoms with Gasteiger partial charge in [0.15, 0.2) is 6.10 Å². The number of fused-ring (bicyclic) bond motifs is 1. The third-order valence-corrected chi connectivity index (χ3v) is 7.16. The highest BCUT2D eigenvalue weighted by Gasteiger charge is 2.49. The van der Waals surface area contributed by atoms with Crippen molar-refractivity contribution in [3.8, 4) is 0 Å². The number of aryl methyl sites for hydroxylation is 2. The fourth-order valence-electron chi connectivity index (χ4n) is 4.96. The molecule has 6 N–H and O–H groups in total. The molecule has 0 spiro atoms. The lowest BCUT2D eigenvalue weighted by Gasteiger charge is -2.38. The van der Waals surface area contributed by atoms with Crippen LogP contribution >= 0.6 is 0 Å². The summed E-state index contributed by atoms with van der Waals surface area (Å²) in [5.74, 6) is -4.44. The Morgan fingerprint density at radius 3 is 2.34 bits per heavy atom. The van der Waals surface area contributed by atoms with Gasteiger partial charge in [-0.1, -0.05) is 48.5 Å². The van der Waals surface area contributed by atoms with Crippen molar-refractivity contribution in [2.75, 3.05) is 11.4 Å². The van der Waals surface area contributed by atoms with E-state index >= 15 is 0 Å². The van der Waals surface area contributed by atoms with E-state index in [1.165, 1.54) is 0 Å². The maximum Gasteiger partial charge on any atom is 0.335 e. The average Bonchev–Trinajstić information content (AvgIpc) is 3.08. The normalized spacial score (nSPS) is 26.9. The SMILES string of the molecule is O=C(CN1C(=O)C(NC(CCc2ccccc2)C(=O)O)CCc2ccccc21)OC1OC(C(=O)O)C(O)C(O)C1O. The molecule has 0 bridgehead atoms. The number of amides is 1. The molecule has 2 aliphatic heterocycles. The number of ether oxygens (including phenoxy) is 2. The summed E-state index contributed by atoms with van der Waals surface area (Å²) in [6, 6.07) is 14.1. The van der Waals surface area contributed by atoms with Crippen LogP contribution in [0.2, 0.25) is 0 Å². The Bertz CT molecular complexity index is 1260. The minimum absolute atomic E-state index is 0.216. The number of aliphatic hydroxyl groups is 3. The zero-order valence-electron chi connectivity index (χ0n) is 21.9. The largest absolute Gasteiger partial charge is 0.480 e. The van der Waals surface area contributed by atoms with Gasteiger partial charge in [0.2, 0.25) is 12.2 Å². The van der Waals surface area contributed by atoms with Crippen molar-refractivity contribution in [2.24, 2.45) is 0 Å². The number of aliphatic carboxylic acids is 2. The van der Waals surface area contributed by atoms with Crippen LogP contribution in [0.1, 0.15) is 24.0 Å². The number of hydrogen-bond acceptors (Lipinski definition) is 10. The molecular formula is C28H32N2O11. The Morgan fingerprint density at radius 2 is 1.66 bits per heavy atom. The zero-order valence-corrected chi connectivity index (χ0v) is 21.9. The van der Waals surface area contributed by atoms with Crippen LogP contribution in [0.4, 0.5) is 5.69 Å². The minimum Gasteiger partial charge on any atom is -0.480 e. The highest BCUT2D eigenvalue weighted by molar-refractivity contribution is 6.02.